The maximum atomic E-state index is 12.6. The highest BCUT2D eigenvalue weighted by atomic mass is 19.1. The Hall–Kier alpha value is -3.19. The van der Waals surface area contributed by atoms with Crippen LogP contribution >= 0.6 is 0 Å². The Kier molecular flexibility index (Phi) is 16.5. The lowest BCUT2D eigenvalue weighted by Gasteiger charge is -2.16. The number of hydrogen-bond acceptors (Lipinski definition) is 4. The van der Waals surface area contributed by atoms with Crippen LogP contribution in [-0.2, 0) is 6.54 Å². The van der Waals surface area contributed by atoms with Crippen molar-refractivity contribution in [1.82, 2.24) is 5.32 Å². The van der Waals surface area contributed by atoms with Crippen LogP contribution in [0.25, 0.3) is 5.76 Å². The van der Waals surface area contributed by atoms with Crippen LogP contribution in [0, 0.1) is 19.7 Å². The predicted octanol–water partition coefficient (Wildman–Crippen LogP) is 6.91. The molecule has 0 aromatic heterocycles. The highest BCUT2D eigenvalue weighted by molar-refractivity contribution is 6.05. The molecule has 200 valence electrons. The molecule has 6 nitrogen and oxygen atoms in total. The normalized spacial score (nSPS) is 10.4. The zero-order chi connectivity index (χ0) is 27.7. The number of hydrogen-bond donors (Lipinski definition) is 4. The minimum Gasteiger partial charge on any atom is -0.508 e. The summed E-state index contributed by atoms with van der Waals surface area (Å²) in [5.74, 6) is 0.231. The topological polar surface area (TPSA) is 99.7 Å². The van der Waals surface area contributed by atoms with Crippen molar-refractivity contribution in [2.45, 2.75) is 73.8 Å². The van der Waals surface area contributed by atoms with Gasteiger partial charge in [0.15, 0.2) is 0 Å². The van der Waals surface area contributed by atoms with Gasteiger partial charge in [0.05, 0.1) is 17.1 Å². The fourth-order valence-corrected chi connectivity index (χ4v) is 3.39. The molecule has 0 bridgehead atoms. The van der Waals surface area contributed by atoms with Gasteiger partial charge in [-0.1, -0.05) is 58.7 Å². The first-order chi connectivity index (χ1) is 17.1. The lowest BCUT2D eigenvalue weighted by atomic mass is 10.0. The van der Waals surface area contributed by atoms with E-state index >= 15 is 0 Å². The Labute approximate surface area is 216 Å². The van der Waals surface area contributed by atoms with Gasteiger partial charge >= 0.3 is 0 Å². The molecule has 0 saturated heterocycles. The minimum absolute atomic E-state index is 0.0954. The van der Waals surface area contributed by atoms with Crippen molar-refractivity contribution in [1.29, 1.82) is 0 Å². The van der Waals surface area contributed by atoms with E-state index in [-0.39, 0.29) is 17.5 Å². The Bertz CT molecular complexity index is 1000. The fraction of sp³-hybridized carbons (Fsp3) is 0.448. The SMILES string of the molecule is C=C(O)c1cc(F)ccc1C.CC.CCCCCCN=C(C)Nc1c(CN)cc(C)cc1C(=O)NC. The number of nitrogens with two attached hydrogens (primary N) is 1. The van der Waals surface area contributed by atoms with Crippen LogP contribution in [0.2, 0.25) is 0 Å². The van der Waals surface area contributed by atoms with Crippen molar-refractivity contribution in [3.05, 3.63) is 70.5 Å². The average molecular weight is 501 g/mol. The zero-order valence-electron chi connectivity index (χ0n) is 23.1. The van der Waals surface area contributed by atoms with Crippen molar-refractivity contribution in [3.63, 3.8) is 0 Å². The minimum atomic E-state index is -0.360. The number of nitrogens with one attached hydrogen (secondary N) is 2. The second kappa shape index (κ2) is 18.1. The molecule has 2 rings (SSSR count). The fourth-order valence-electron chi connectivity index (χ4n) is 3.39. The van der Waals surface area contributed by atoms with E-state index in [1.807, 2.05) is 39.8 Å². The second-order valence-electron chi connectivity index (χ2n) is 8.19. The van der Waals surface area contributed by atoms with E-state index in [1.165, 1.54) is 31.4 Å². The number of aliphatic imine (C=N–C) groups is 1. The average Bonchev–Trinajstić information content (AvgIpc) is 2.87. The first-order valence-corrected chi connectivity index (χ1v) is 12.6. The van der Waals surface area contributed by atoms with Gasteiger partial charge in [0, 0.05) is 25.7 Å². The molecule has 1 amide bonds. The van der Waals surface area contributed by atoms with Gasteiger partial charge in [0.2, 0.25) is 0 Å². The van der Waals surface area contributed by atoms with Crippen molar-refractivity contribution in [2.75, 3.05) is 18.9 Å². The number of aryl methyl sites for hydroxylation is 2. The summed E-state index contributed by atoms with van der Waals surface area (Å²) < 4.78 is 12.6. The molecule has 0 heterocycles. The molecular weight excluding hydrogens is 455 g/mol. The number of amidine groups is 1. The lowest BCUT2D eigenvalue weighted by Crippen LogP contribution is -2.22. The molecule has 0 atom stereocenters. The highest BCUT2D eigenvalue weighted by Gasteiger charge is 2.15. The first-order valence-electron chi connectivity index (χ1n) is 12.6. The summed E-state index contributed by atoms with van der Waals surface area (Å²) >= 11 is 0. The van der Waals surface area contributed by atoms with Gasteiger partial charge in [-0.05, 0) is 62.1 Å². The number of aliphatic hydroxyl groups is 1. The van der Waals surface area contributed by atoms with Crippen molar-refractivity contribution < 1.29 is 14.3 Å². The highest BCUT2D eigenvalue weighted by Crippen LogP contribution is 2.23. The van der Waals surface area contributed by atoms with Gasteiger partial charge in [0.25, 0.3) is 5.91 Å². The molecule has 0 unspecified atom stereocenters. The molecule has 0 aliphatic rings. The molecule has 0 saturated carbocycles. The second-order valence-corrected chi connectivity index (χ2v) is 8.19. The van der Waals surface area contributed by atoms with Crippen molar-refractivity contribution in [2.24, 2.45) is 10.7 Å². The summed E-state index contributed by atoms with van der Waals surface area (Å²) in [5, 5.41) is 14.9. The Morgan fingerprint density at radius 1 is 1.11 bits per heavy atom. The van der Waals surface area contributed by atoms with Crippen molar-refractivity contribution in [3.8, 4) is 0 Å². The number of amides is 1. The molecule has 0 spiro atoms. The molecule has 0 fully saturated rings. The van der Waals surface area contributed by atoms with E-state index in [2.05, 4.69) is 29.1 Å². The molecular formula is C29H45FN4O2. The molecule has 0 aliphatic carbocycles. The maximum Gasteiger partial charge on any atom is 0.253 e. The van der Waals surface area contributed by atoms with Crippen LogP contribution in [0.4, 0.5) is 10.1 Å². The lowest BCUT2D eigenvalue weighted by molar-refractivity contribution is 0.0963. The first kappa shape index (κ1) is 32.8. The Morgan fingerprint density at radius 3 is 2.31 bits per heavy atom. The summed E-state index contributed by atoms with van der Waals surface area (Å²) in [5.41, 5.74) is 10.4. The molecule has 5 N–H and O–H groups in total. The monoisotopic (exact) mass is 500 g/mol. The van der Waals surface area contributed by atoms with Gasteiger partial charge in [-0.15, -0.1) is 0 Å². The summed E-state index contributed by atoms with van der Waals surface area (Å²) in [6.45, 7) is 16.4. The maximum absolute atomic E-state index is 12.6. The summed E-state index contributed by atoms with van der Waals surface area (Å²) in [4.78, 5) is 16.7. The van der Waals surface area contributed by atoms with Gasteiger partial charge in [-0.2, -0.15) is 0 Å². The smallest absolute Gasteiger partial charge is 0.253 e. The number of rotatable bonds is 9. The number of aliphatic hydroxyl groups excluding tert-OH is 1. The number of unbranched alkanes of at least 4 members (excludes halogenated alkanes) is 3. The van der Waals surface area contributed by atoms with E-state index in [0.717, 1.165) is 41.2 Å². The van der Waals surface area contributed by atoms with Crippen LogP contribution < -0.4 is 16.4 Å². The van der Waals surface area contributed by atoms with Crippen molar-refractivity contribution >= 4 is 23.2 Å². The number of nitrogens with zero attached hydrogens (tertiary/aromatic N) is 1. The summed E-state index contributed by atoms with van der Waals surface area (Å²) in [6, 6.07) is 8.09. The van der Waals surface area contributed by atoms with Gasteiger partial charge in [-0.25, -0.2) is 4.39 Å². The standard InChI is InChI=1S/C18H30N4O.C9H9FO.C2H6/c1-5-6-7-8-9-21-14(3)22-17-15(12-19)10-13(2)11-16(17)18(23)20-4;1-6-3-4-8(10)5-9(6)7(2)11;1-2/h10-11H,5-9,12,19H2,1-4H3,(H,20,23)(H,21,22);3-5,11H,2H2,1H3;1-2H3. The summed E-state index contributed by atoms with van der Waals surface area (Å²) in [6.07, 6.45) is 4.76. The van der Waals surface area contributed by atoms with E-state index < -0.39 is 0 Å². The third kappa shape index (κ3) is 11.5. The number of benzene rings is 2. The summed E-state index contributed by atoms with van der Waals surface area (Å²) in [7, 11) is 1.63. The van der Waals surface area contributed by atoms with Crippen LogP contribution in [-0.4, -0.2) is 30.4 Å². The van der Waals surface area contributed by atoms with E-state index in [0.29, 0.717) is 17.7 Å². The third-order valence-electron chi connectivity index (χ3n) is 5.23. The van der Waals surface area contributed by atoms with Gasteiger partial charge < -0.3 is 21.5 Å². The molecule has 36 heavy (non-hydrogen) atoms. The van der Waals surface area contributed by atoms with Crippen LogP contribution in [0.3, 0.4) is 0 Å². The molecule has 2 aromatic carbocycles. The van der Waals surface area contributed by atoms with E-state index in [1.54, 1.807) is 20.0 Å². The van der Waals surface area contributed by atoms with Gasteiger partial charge in [0.1, 0.15) is 11.6 Å². The van der Waals surface area contributed by atoms with E-state index in [4.69, 9.17) is 10.8 Å². The third-order valence-corrected chi connectivity index (χ3v) is 5.23. The molecule has 0 aliphatic heterocycles. The van der Waals surface area contributed by atoms with Crippen LogP contribution in [0.5, 0.6) is 0 Å². The Morgan fingerprint density at radius 2 is 1.78 bits per heavy atom. The van der Waals surface area contributed by atoms with Crippen LogP contribution in [0.15, 0.2) is 41.9 Å². The van der Waals surface area contributed by atoms with Crippen LogP contribution in [0.1, 0.15) is 86.0 Å². The molecule has 2 aromatic rings. The van der Waals surface area contributed by atoms with E-state index in [9.17, 15) is 9.18 Å². The molecule has 0 radical (unpaired) electrons. The number of carbonyl (C=O) groups excluding carboxylic acids is 1. The number of halogens is 1. The Balaban J connectivity index is 0.000000784. The predicted molar refractivity (Wildman–Crippen MR) is 152 cm³/mol. The zero-order valence-corrected chi connectivity index (χ0v) is 23.1. The quantitative estimate of drug-likeness (QED) is 0.130. The largest absolute Gasteiger partial charge is 0.508 e. The number of anilines is 1. The number of carbonyl (C=O) groups is 1. The van der Waals surface area contributed by atoms with Gasteiger partial charge in [-0.3, -0.25) is 9.79 Å². The molecule has 7 heteroatoms.